The van der Waals surface area contributed by atoms with Crippen molar-refractivity contribution >= 4 is 37.7 Å². The number of rotatable bonds is 6. The highest BCUT2D eigenvalue weighted by atomic mass is 32.2. The van der Waals surface area contributed by atoms with Crippen LogP contribution in [-0.2, 0) is 26.2 Å². The van der Waals surface area contributed by atoms with Crippen LogP contribution in [0.3, 0.4) is 0 Å². The zero-order chi connectivity index (χ0) is 22.0. The number of esters is 1. The van der Waals surface area contributed by atoms with Gasteiger partial charge in [-0.2, -0.15) is 4.72 Å². The van der Waals surface area contributed by atoms with Gasteiger partial charge in [0, 0.05) is 17.0 Å². The lowest BCUT2D eigenvalue weighted by atomic mass is 10.0. The van der Waals surface area contributed by atoms with E-state index in [0.717, 1.165) is 16.3 Å². The van der Waals surface area contributed by atoms with Crippen molar-refractivity contribution in [1.82, 2.24) is 4.72 Å². The average Bonchev–Trinajstić information content (AvgIpc) is 2.76. The van der Waals surface area contributed by atoms with Crippen LogP contribution in [0, 0.1) is 6.92 Å². The lowest BCUT2D eigenvalue weighted by Crippen LogP contribution is -2.30. The normalized spacial score (nSPS) is 11.6. The fourth-order valence-electron chi connectivity index (χ4n) is 3.30. The van der Waals surface area contributed by atoms with E-state index in [2.05, 4.69) is 4.72 Å². The molecule has 4 rings (SSSR count). The summed E-state index contributed by atoms with van der Waals surface area (Å²) in [5.74, 6) is -0.766. The topological polar surface area (TPSA) is 103 Å². The zero-order valence-corrected chi connectivity index (χ0v) is 17.4. The third-order valence-corrected chi connectivity index (χ3v) is 6.26. The van der Waals surface area contributed by atoms with Crippen LogP contribution in [0.15, 0.2) is 80.8 Å². The van der Waals surface area contributed by atoms with Crippen LogP contribution < -0.4 is 10.3 Å². The molecule has 0 aliphatic carbocycles. The molecule has 0 amide bonds. The lowest BCUT2D eigenvalue weighted by molar-refractivity contribution is -0.143. The number of carbonyl (C=O) groups is 1. The van der Waals surface area contributed by atoms with Gasteiger partial charge in [0.05, 0.1) is 4.90 Å². The molecule has 0 radical (unpaired) electrons. The molecule has 3 aromatic carbocycles. The molecule has 31 heavy (non-hydrogen) atoms. The van der Waals surface area contributed by atoms with E-state index in [1.807, 2.05) is 37.3 Å². The summed E-state index contributed by atoms with van der Waals surface area (Å²) in [6, 6.07) is 18.7. The molecule has 0 saturated carbocycles. The Balaban J connectivity index is 1.51. The van der Waals surface area contributed by atoms with E-state index in [0.29, 0.717) is 16.5 Å². The van der Waals surface area contributed by atoms with Crippen LogP contribution in [0.1, 0.15) is 11.1 Å². The number of benzene rings is 3. The molecule has 0 fully saturated rings. The quantitative estimate of drug-likeness (QED) is 0.282. The van der Waals surface area contributed by atoms with Gasteiger partial charge in [-0.1, -0.05) is 48.0 Å². The highest BCUT2D eigenvalue weighted by Crippen LogP contribution is 2.27. The third-order valence-electron chi connectivity index (χ3n) is 4.84. The van der Waals surface area contributed by atoms with E-state index in [1.165, 1.54) is 18.2 Å². The Morgan fingerprint density at radius 1 is 1.03 bits per heavy atom. The number of carbonyl (C=O) groups excluding carboxylic acids is 1. The molecule has 158 valence electrons. The molecule has 1 aromatic heterocycles. The fourth-order valence-corrected chi connectivity index (χ4v) is 4.27. The standard InChI is InChI=1S/C23H19NO6S/c1-15-6-9-18(10-7-15)31(27,28)24-13-22(26)29-14-17-12-21(25)30-20-11-8-16-4-2-3-5-19(16)23(17)20/h2-12,24H,13-14H2,1H3. The number of ether oxygens (including phenoxy) is 1. The Kier molecular flexibility index (Phi) is 5.58. The van der Waals surface area contributed by atoms with E-state index < -0.39 is 28.2 Å². The molecule has 0 aliphatic rings. The highest BCUT2D eigenvalue weighted by molar-refractivity contribution is 7.89. The monoisotopic (exact) mass is 437 g/mol. The van der Waals surface area contributed by atoms with Gasteiger partial charge < -0.3 is 9.15 Å². The molecule has 7 nitrogen and oxygen atoms in total. The maximum absolute atomic E-state index is 12.3. The smallest absolute Gasteiger partial charge is 0.336 e. The maximum Gasteiger partial charge on any atom is 0.336 e. The minimum Gasteiger partial charge on any atom is -0.460 e. The number of hydrogen-bond acceptors (Lipinski definition) is 6. The van der Waals surface area contributed by atoms with Gasteiger partial charge in [0.15, 0.2) is 0 Å². The summed E-state index contributed by atoms with van der Waals surface area (Å²) in [5.41, 5.74) is 1.23. The Labute approximate surface area is 178 Å². The Bertz CT molecular complexity index is 1440. The molecule has 1 heterocycles. The maximum atomic E-state index is 12.3. The summed E-state index contributed by atoms with van der Waals surface area (Å²) in [4.78, 5) is 24.2. The average molecular weight is 437 g/mol. The van der Waals surface area contributed by atoms with Crippen LogP contribution in [0.4, 0.5) is 0 Å². The van der Waals surface area contributed by atoms with E-state index >= 15 is 0 Å². The summed E-state index contributed by atoms with van der Waals surface area (Å²) in [6.45, 7) is 1.12. The first-order valence-corrected chi connectivity index (χ1v) is 11.0. The number of nitrogens with one attached hydrogen (secondary N) is 1. The molecule has 0 saturated heterocycles. The van der Waals surface area contributed by atoms with Crippen LogP contribution >= 0.6 is 0 Å². The van der Waals surface area contributed by atoms with Crippen molar-refractivity contribution in [1.29, 1.82) is 0 Å². The first-order chi connectivity index (χ1) is 14.8. The number of sulfonamides is 1. The third kappa shape index (κ3) is 4.50. The minimum atomic E-state index is -3.84. The molecule has 8 heteroatoms. The predicted octanol–water partition coefficient (Wildman–Crippen LogP) is 3.28. The van der Waals surface area contributed by atoms with E-state index in [9.17, 15) is 18.0 Å². The van der Waals surface area contributed by atoms with Crippen molar-refractivity contribution in [2.45, 2.75) is 18.4 Å². The molecule has 0 aliphatic heterocycles. The van der Waals surface area contributed by atoms with Gasteiger partial charge in [-0.15, -0.1) is 0 Å². The molecule has 0 atom stereocenters. The van der Waals surface area contributed by atoms with Crippen molar-refractivity contribution in [2.75, 3.05) is 6.54 Å². The molecule has 4 aromatic rings. The van der Waals surface area contributed by atoms with Gasteiger partial charge in [0.1, 0.15) is 18.7 Å². The largest absolute Gasteiger partial charge is 0.460 e. The van der Waals surface area contributed by atoms with Gasteiger partial charge in [-0.25, -0.2) is 13.2 Å². The van der Waals surface area contributed by atoms with Crippen LogP contribution in [0.2, 0.25) is 0 Å². The van der Waals surface area contributed by atoms with Crippen LogP contribution in [-0.4, -0.2) is 20.9 Å². The molecule has 1 N–H and O–H groups in total. The van der Waals surface area contributed by atoms with Gasteiger partial charge in [-0.05, 0) is 35.9 Å². The lowest BCUT2D eigenvalue weighted by Gasteiger charge is -2.10. The molecule has 0 unspecified atom stereocenters. The molecule has 0 spiro atoms. The summed E-state index contributed by atoms with van der Waals surface area (Å²) in [6.07, 6.45) is 0. The zero-order valence-electron chi connectivity index (χ0n) is 16.6. The van der Waals surface area contributed by atoms with Crippen molar-refractivity contribution in [2.24, 2.45) is 0 Å². The van der Waals surface area contributed by atoms with E-state index in [-0.39, 0.29) is 11.5 Å². The molecule has 0 bridgehead atoms. The second kappa shape index (κ2) is 8.33. The van der Waals surface area contributed by atoms with Gasteiger partial charge in [0.25, 0.3) is 0 Å². The van der Waals surface area contributed by atoms with Gasteiger partial charge >= 0.3 is 11.6 Å². The Morgan fingerprint density at radius 3 is 2.55 bits per heavy atom. The summed E-state index contributed by atoms with van der Waals surface area (Å²) < 4.78 is 37.4. The second-order valence-corrected chi connectivity index (χ2v) is 8.82. The molecular formula is C23H19NO6S. The minimum absolute atomic E-state index is 0.0593. The Hall–Kier alpha value is -3.49. The fraction of sp³-hybridized carbons (Fsp3) is 0.130. The number of fused-ring (bicyclic) bond motifs is 3. The first-order valence-electron chi connectivity index (χ1n) is 9.50. The summed E-state index contributed by atoms with van der Waals surface area (Å²) in [5, 5.41) is 2.47. The van der Waals surface area contributed by atoms with Crippen molar-refractivity contribution < 1.29 is 22.4 Å². The van der Waals surface area contributed by atoms with Crippen molar-refractivity contribution in [3.8, 4) is 0 Å². The van der Waals surface area contributed by atoms with Gasteiger partial charge in [0.2, 0.25) is 10.0 Å². The summed E-state index contributed by atoms with van der Waals surface area (Å²) >= 11 is 0. The predicted molar refractivity (Wildman–Crippen MR) is 116 cm³/mol. The Morgan fingerprint density at radius 2 is 1.77 bits per heavy atom. The van der Waals surface area contributed by atoms with Crippen molar-refractivity contribution in [3.63, 3.8) is 0 Å². The number of hydrogen-bond donors (Lipinski definition) is 1. The van der Waals surface area contributed by atoms with Crippen molar-refractivity contribution in [3.05, 3.63) is 88.3 Å². The SMILES string of the molecule is Cc1ccc(S(=O)(=O)NCC(=O)OCc2cc(=O)oc3ccc4ccccc4c23)cc1. The first kappa shape index (κ1) is 20.8. The molecular weight excluding hydrogens is 418 g/mol. The van der Waals surface area contributed by atoms with Crippen LogP contribution in [0.25, 0.3) is 21.7 Å². The van der Waals surface area contributed by atoms with E-state index in [4.69, 9.17) is 9.15 Å². The highest BCUT2D eigenvalue weighted by Gasteiger charge is 2.17. The second-order valence-electron chi connectivity index (χ2n) is 7.05. The van der Waals surface area contributed by atoms with E-state index in [1.54, 1.807) is 18.2 Å². The number of aryl methyl sites for hydroxylation is 1. The van der Waals surface area contributed by atoms with Crippen LogP contribution in [0.5, 0.6) is 0 Å². The van der Waals surface area contributed by atoms with Gasteiger partial charge in [-0.3, -0.25) is 4.79 Å². The summed E-state index contributed by atoms with van der Waals surface area (Å²) in [7, 11) is -3.84.